The number of rotatable bonds is 7. The molecule has 2 aromatic rings. The summed E-state index contributed by atoms with van der Waals surface area (Å²) in [7, 11) is -3.68. The van der Waals surface area contributed by atoms with Gasteiger partial charge in [0.15, 0.2) is 10.8 Å². The highest BCUT2D eigenvalue weighted by molar-refractivity contribution is 7.98. The van der Waals surface area contributed by atoms with Gasteiger partial charge in [-0.15, -0.1) is 11.3 Å². The molecule has 1 atom stereocenters. The van der Waals surface area contributed by atoms with E-state index >= 15 is 0 Å². The van der Waals surface area contributed by atoms with Gasteiger partial charge >= 0.3 is 0 Å². The van der Waals surface area contributed by atoms with Gasteiger partial charge in [0.05, 0.1) is 0 Å². The Hall–Kier alpha value is -0.810. The third-order valence-corrected chi connectivity index (χ3v) is 5.73. The number of nitrogens with one attached hydrogen (secondary N) is 2. The molecular formula is C10H17N5O2S3. The summed E-state index contributed by atoms with van der Waals surface area (Å²) < 4.78 is 29.2. The highest BCUT2D eigenvalue weighted by Gasteiger charge is 2.26. The molecule has 0 amide bonds. The lowest BCUT2D eigenvalue weighted by Gasteiger charge is -2.13. The summed E-state index contributed by atoms with van der Waals surface area (Å²) in [6, 6.07) is -0.151. The van der Waals surface area contributed by atoms with E-state index in [2.05, 4.69) is 15.1 Å². The van der Waals surface area contributed by atoms with Crippen molar-refractivity contribution in [2.75, 3.05) is 17.4 Å². The molecule has 20 heavy (non-hydrogen) atoms. The molecule has 112 valence electrons. The maximum Gasteiger partial charge on any atom is 0.260 e. The first-order valence-corrected chi connectivity index (χ1v) is 9.68. The number of nitrogens with two attached hydrogens (primary N) is 1. The Labute approximate surface area is 126 Å². The quantitative estimate of drug-likeness (QED) is 0.517. The summed E-state index contributed by atoms with van der Waals surface area (Å²) in [6.45, 7) is 1.84. The Morgan fingerprint density at radius 1 is 1.60 bits per heavy atom. The minimum absolute atomic E-state index is 0.0484. The highest BCUT2D eigenvalue weighted by Crippen LogP contribution is 2.25. The summed E-state index contributed by atoms with van der Waals surface area (Å²) in [4.78, 5) is 4.73. The van der Waals surface area contributed by atoms with E-state index in [0.29, 0.717) is 4.96 Å². The van der Waals surface area contributed by atoms with E-state index in [9.17, 15) is 8.42 Å². The molecule has 0 fully saturated rings. The lowest BCUT2D eigenvalue weighted by atomic mass is 10.3. The first-order valence-electron chi connectivity index (χ1n) is 5.93. The van der Waals surface area contributed by atoms with Crippen molar-refractivity contribution in [3.63, 3.8) is 0 Å². The maximum absolute atomic E-state index is 12.5. The Morgan fingerprint density at radius 2 is 2.35 bits per heavy atom. The van der Waals surface area contributed by atoms with Crippen molar-refractivity contribution in [2.24, 2.45) is 5.84 Å². The average Bonchev–Trinajstić information content (AvgIpc) is 2.94. The van der Waals surface area contributed by atoms with Crippen LogP contribution in [0.1, 0.15) is 13.3 Å². The van der Waals surface area contributed by atoms with Crippen LogP contribution in [0.25, 0.3) is 4.96 Å². The summed E-state index contributed by atoms with van der Waals surface area (Å²) >= 11 is 3.03. The number of anilines is 1. The molecule has 0 radical (unpaired) electrons. The van der Waals surface area contributed by atoms with Gasteiger partial charge in [-0.2, -0.15) is 16.7 Å². The lowest BCUT2D eigenvalue weighted by molar-refractivity contribution is 0.553. The molecule has 7 nitrogen and oxygen atoms in total. The van der Waals surface area contributed by atoms with Gasteiger partial charge in [0, 0.05) is 17.6 Å². The van der Waals surface area contributed by atoms with E-state index in [1.165, 1.54) is 15.7 Å². The standard InChI is InChI=1S/C10H17N5O2S3/c1-7(3-5-18-2)14-20(16,17)9-8(13-11)12-10-15(9)4-6-19-10/h4,6-7,13-14H,3,5,11H2,1-2H3. The molecule has 2 rings (SSSR count). The molecule has 4 N–H and O–H groups in total. The van der Waals surface area contributed by atoms with Crippen molar-refractivity contribution < 1.29 is 8.42 Å². The molecule has 2 heterocycles. The van der Waals surface area contributed by atoms with Crippen molar-refractivity contribution in [1.82, 2.24) is 14.1 Å². The smallest absolute Gasteiger partial charge is 0.260 e. The molecule has 0 aliphatic rings. The number of hydrogen-bond acceptors (Lipinski definition) is 7. The number of nitrogen functional groups attached to an aromatic ring is 1. The van der Waals surface area contributed by atoms with Crippen LogP contribution in [-0.2, 0) is 10.0 Å². The van der Waals surface area contributed by atoms with Crippen molar-refractivity contribution >= 4 is 43.9 Å². The number of thiazole rings is 1. The highest BCUT2D eigenvalue weighted by atomic mass is 32.2. The molecule has 0 aromatic carbocycles. The number of fused-ring (bicyclic) bond motifs is 1. The van der Waals surface area contributed by atoms with Gasteiger partial charge < -0.3 is 5.43 Å². The van der Waals surface area contributed by atoms with Crippen LogP contribution in [0.5, 0.6) is 0 Å². The number of sulfonamides is 1. The fraction of sp³-hybridized carbons (Fsp3) is 0.500. The molecule has 1 unspecified atom stereocenters. The van der Waals surface area contributed by atoms with Crippen LogP contribution in [0.2, 0.25) is 0 Å². The van der Waals surface area contributed by atoms with E-state index < -0.39 is 10.0 Å². The molecule has 2 aromatic heterocycles. The van der Waals surface area contributed by atoms with Crippen molar-refractivity contribution in [3.05, 3.63) is 11.6 Å². The van der Waals surface area contributed by atoms with Crippen LogP contribution in [0.4, 0.5) is 5.82 Å². The van der Waals surface area contributed by atoms with Gasteiger partial charge in [-0.1, -0.05) is 0 Å². The summed E-state index contributed by atoms with van der Waals surface area (Å²) in [6.07, 6.45) is 4.41. The third kappa shape index (κ3) is 3.09. The second-order valence-electron chi connectivity index (χ2n) is 4.27. The molecule has 0 bridgehead atoms. The second-order valence-corrected chi connectivity index (χ2v) is 7.76. The molecule has 0 saturated heterocycles. The van der Waals surface area contributed by atoms with Crippen molar-refractivity contribution in [3.8, 4) is 0 Å². The topological polar surface area (TPSA) is 102 Å². The van der Waals surface area contributed by atoms with Crippen molar-refractivity contribution in [1.29, 1.82) is 0 Å². The summed E-state index contributed by atoms with van der Waals surface area (Å²) in [5.41, 5.74) is 2.35. The molecule has 10 heteroatoms. The van der Waals surface area contributed by atoms with Crippen molar-refractivity contribution in [2.45, 2.75) is 24.4 Å². The van der Waals surface area contributed by atoms with E-state index in [-0.39, 0.29) is 16.9 Å². The number of nitrogens with zero attached hydrogens (tertiary/aromatic N) is 2. The Kier molecular flexibility index (Phi) is 4.91. The van der Waals surface area contributed by atoms with Gasteiger partial charge in [-0.3, -0.25) is 4.40 Å². The SMILES string of the molecule is CSCCC(C)NS(=O)(=O)c1c(NN)nc2sccn12. The van der Waals surface area contributed by atoms with Crippen LogP contribution in [0.15, 0.2) is 16.6 Å². The number of hydrazine groups is 1. The number of imidazole rings is 1. The minimum Gasteiger partial charge on any atom is -0.306 e. The predicted octanol–water partition coefficient (Wildman–Crippen LogP) is 1.10. The second kappa shape index (κ2) is 6.31. The number of aromatic nitrogens is 2. The van der Waals surface area contributed by atoms with E-state index in [0.717, 1.165) is 12.2 Å². The van der Waals surface area contributed by atoms with Crippen LogP contribution >= 0.6 is 23.1 Å². The first-order chi connectivity index (χ1) is 9.49. The Balaban J connectivity index is 2.33. The first kappa shape index (κ1) is 15.6. The molecule has 0 aliphatic carbocycles. The van der Waals surface area contributed by atoms with Crippen LogP contribution in [0, 0.1) is 0 Å². The maximum atomic E-state index is 12.5. The molecule has 0 saturated carbocycles. The summed E-state index contributed by atoms with van der Waals surface area (Å²) in [5, 5.41) is 1.82. The van der Waals surface area contributed by atoms with E-state index in [1.807, 2.05) is 13.2 Å². The molecular weight excluding hydrogens is 318 g/mol. The lowest BCUT2D eigenvalue weighted by Crippen LogP contribution is -2.34. The van der Waals surface area contributed by atoms with Crippen LogP contribution in [-0.4, -0.2) is 35.9 Å². The van der Waals surface area contributed by atoms with E-state index in [1.54, 1.807) is 23.3 Å². The fourth-order valence-corrected chi connectivity index (χ4v) is 4.68. The Morgan fingerprint density at radius 3 is 3.00 bits per heavy atom. The number of thioether (sulfide) groups is 1. The van der Waals surface area contributed by atoms with Gasteiger partial charge in [0.1, 0.15) is 0 Å². The van der Waals surface area contributed by atoms with Gasteiger partial charge in [-0.25, -0.2) is 19.0 Å². The fourth-order valence-electron chi connectivity index (χ4n) is 1.79. The normalized spacial score (nSPS) is 13.8. The van der Waals surface area contributed by atoms with Crippen LogP contribution < -0.4 is 16.0 Å². The zero-order valence-corrected chi connectivity index (χ0v) is 13.6. The van der Waals surface area contributed by atoms with Gasteiger partial charge in [0.2, 0.25) is 5.03 Å². The zero-order chi connectivity index (χ0) is 14.8. The third-order valence-electron chi connectivity index (χ3n) is 2.72. The monoisotopic (exact) mass is 335 g/mol. The largest absolute Gasteiger partial charge is 0.306 e. The average molecular weight is 335 g/mol. The Bertz CT molecular complexity index is 678. The zero-order valence-electron chi connectivity index (χ0n) is 11.2. The number of hydrogen-bond donors (Lipinski definition) is 3. The molecule has 0 aliphatic heterocycles. The predicted molar refractivity (Wildman–Crippen MR) is 83.7 cm³/mol. The van der Waals surface area contributed by atoms with E-state index in [4.69, 9.17) is 5.84 Å². The van der Waals surface area contributed by atoms with Crippen LogP contribution in [0.3, 0.4) is 0 Å². The van der Waals surface area contributed by atoms with Gasteiger partial charge in [-0.05, 0) is 25.4 Å². The minimum atomic E-state index is -3.68. The van der Waals surface area contributed by atoms with Gasteiger partial charge in [0.25, 0.3) is 10.0 Å². The summed E-state index contributed by atoms with van der Waals surface area (Å²) in [5.74, 6) is 6.41. The molecule has 0 spiro atoms.